The molecule has 0 aliphatic carbocycles. The number of fused-ring (bicyclic) bond motifs is 1. The fraction of sp³-hybridized carbons (Fsp3) is 0.333. The molecule has 0 spiro atoms. The average molecular weight is 267 g/mol. The zero-order valence-electron chi connectivity index (χ0n) is 8.83. The summed E-state index contributed by atoms with van der Waals surface area (Å²) >= 11 is 3.64. The van der Waals surface area contributed by atoms with Gasteiger partial charge in [-0.1, -0.05) is 6.07 Å². The molecule has 0 radical (unpaired) electrons. The molecule has 0 atom stereocenters. The Kier molecular flexibility index (Phi) is 3.12. The molecule has 0 amide bonds. The van der Waals surface area contributed by atoms with Crippen LogP contribution in [0.2, 0.25) is 0 Å². The minimum Gasteiger partial charge on any atom is -0.330 e. The average Bonchev–Trinajstić information content (AvgIpc) is 2.51. The summed E-state index contributed by atoms with van der Waals surface area (Å²) in [6, 6.07) is 6.25. The normalized spacial score (nSPS) is 11.1. The first kappa shape index (κ1) is 10.7. The minimum absolute atomic E-state index is 0.747. The van der Waals surface area contributed by atoms with Gasteiger partial charge in [0.1, 0.15) is 0 Å². The van der Waals surface area contributed by atoms with Gasteiger partial charge < -0.3 is 10.1 Å². The smallest absolute Gasteiger partial charge is 0.0597 e. The van der Waals surface area contributed by atoms with E-state index in [0.717, 1.165) is 19.4 Å². The monoisotopic (exact) mass is 266 g/mol. The maximum absolute atomic E-state index is 5.56. The van der Waals surface area contributed by atoms with Crippen LogP contribution in [0.25, 0.3) is 5.52 Å². The molecule has 0 bridgehead atoms. The second kappa shape index (κ2) is 4.37. The largest absolute Gasteiger partial charge is 0.330 e. The molecular weight excluding hydrogens is 252 g/mol. The topological polar surface area (TPSA) is 30.4 Å². The van der Waals surface area contributed by atoms with E-state index in [0.29, 0.717) is 0 Å². The van der Waals surface area contributed by atoms with E-state index in [1.807, 2.05) is 0 Å². The highest BCUT2D eigenvalue weighted by Crippen LogP contribution is 2.28. The highest BCUT2D eigenvalue weighted by atomic mass is 79.9. The van der Waals surface area contributed by atoms with E-state index in [4.69, 9.17) is 5.73 Å². The van der Waals surface area contributed by atoms with Crippen molar-refractivity contribution in [3.8, 4) is 0 Å². The molecule has 0 saturated carbocycles. The van der Waals surface area contributed by atoms with E-state index >= 15 is 0 Å². The number of aryl methyl sites for hydroxylation is 1. The minimum atomic E-state index is 0.747. The van der Waals surface area contributed by atoms with Crippen molar-refractivity contribution in [1.82, 2.24) is 4.40 Å². The Morgan fingerprint density at radius 2 is 2.20 bits per heavy atom. The third-order valence-corrected chi connectivity index (χ3v) is 3.76. The lowest BCUT2D eigenvalue weighted by Gasteiger charge is -2.02. The molecule has 2 N–H and O–H groups in total. The van der Waals surface area contributed by atoms with Crippen LogP contribution < -0.4 is 5.73 Å². The van der Waals surface area contributed by atoms with Crippen LogP contribution in [0.15, 0.2) is 28.9 Å². The second-order valence-electron chi connectivity index (χ2n) is 3.73. The van der Waals surface area contributed by atoms with Crippen LogP contribution in [0.3, 0.4) is 0 Å². The Balaban J connectivity index is 2.56. The van der Waals surface area contributed by atoms with Crippen LogP contribution in [-0.2, 0) is 6.42 Å². The van der Waals surface area contributed by atoms with Crippen LogP contribution in [0.1, 0.15) is 17.7 Å². The molecule has 0 fully saturated rings. The number of pyridine rings is 1. The number of nitrogens with two attached hydrogens (primary N) is 1. The maximum atomic E-state index is 5.56. The molecule has 0 aliphatic heterocycles. The number of nitrogens with zero attached hydrogens (tertiary/aromatic N) is 1. The Hall–Kier alpha value is -0.800. The van der Waals surface area contributed by atoms with Crippen LogP contribution >= 0.6 is 15.9 Å². The van der Waals surface area contributed by atoms with E-state index < -0.39 is 0 Å². The van der Waals surface area contributed by atoms with Gasteiger partial charge in [-0.25, -0.2) is 0 Å². The first-order valence-corrected chi connectivity index (χ1v) is 5.99. The highest BCUT2D eigenvalue weighted by molar-refractivity contribution is 9.10. The molecular formula is C12H15BrN2. The van der Waals surface area contributed by atoms with Crippen molar-refractivity contribution in [2.45, 2.75) is 19.8 Å². The number of halogens is 1. The molecule has 80 valence electrons. The van der Waals surface area contributed by atoms with Crippen molar-refractivity contribution in [3.05, 3.63) is 40.1 Å². The summed E-state index contributed by atoms with van der Waals surface area (Å²) in [7, 11) is 0. The Bertz CT molecular complexity index is 474. The van der Waals surface area contributed by atoms with Gasteiger partial charge in [0, 0.05) is 16.4 Å². The van der Waals surface area contributed by atoms with Crippen LogP contribution in [-0.4, -0.2) is 10.9 Å². The molecule has 2 rings (SSSR count). The summed E-state index contributed by atoms with van der Waals surface area (Å²) in [6.45, 7) is 2.90. The molecule has 2 aromatic heterocycles. The molecule has 0 saturated heterocycles. The predicted octanol–water partition coefficient (Wildman–Crippen LogP) is 2.90. The highest BCUT2D eigenvalue weighted by Gasteiger charge is 2.11. The van der Waals surface area contributed by atoms with Gasteiger partial charge in [-0.05, 0) is 59.9 Å². The molecule has 2 heterocycles. The van der Waals surface area contributed by atoms with Gasteiger partial charge in [-0.2, -0.15) is 0 Å². The van der Waals surface area contributed by atoms with Gasteiger partial charge in [0.25, 0.3) is 0 Å². The summed E-state index contributed by atoms with van der Waals surface area (Å²) in [5, 5.41) is 0. The first-order valence-electron chi connectivity index (χ1n) is 5.19. The third-order valence-electron chi connectivity index (χ3n) is 2.76. The summed E-state index contributed by atoms with van der Waals surface area (Å²) in [6.07, 6.45) is 4.19. The summed E-state index contributed by atoms with van der Waals surface area (Å²) < 4.78 is 3.45. The van der Waals surface area contributed by atoms with Crippen molar-refractivity contribution < 1.29 is 0 Å². The molecule has 3 heteroatoms. The maximum Gasteiger partial charge on any atom is 0.0597 e. The van der Waals surface area contributed by atoms with E-state index in [2.05, 4.69) is 51.7 Å². The summed E-state index contributed by atoms with van der Waals surface area (Å²) in [5.74, 6) is 0. The van der Waals surface area contributed by atoms with Crippen molar-refractivity contribution >= 4 is 21.4 Å². The van der Waals surface area contributed by atoms with Crippen molar-refractivity contribution in [2.75, 3.05) is 6.54 Å². The lowest BCUT2D eigenvalue weighted by atomic mass is 10.2. The van der Waals surface area contributed by atoms with Crippen molar-refractivity contribution in [1.29, 1.82) is 0 Å². The lowest BCUT2D eigenvalue weighted by molar-refractivity contribution is 0.797. The first-order chi connectivity index (χ1) is 7.25. The fourth-order valence-corrected chi connectivity index (χ4v) is 2.49. The zero-order valence-corrected chi connectivity index (χ0v) is 10.4. The predicted molar refractivity (Wildman–Crippen MR) is 67.2 cm³/mol. The van der Waals surface area contributed by atoms with Gasteiger partial charge in [0.2, 0.25) is 0 Å². The molecule has 0 aromatic carbocycles. The molecule has 0 unspecified atom stereocenters. The number of hydrogen-bond acceptors (Lipinski definition) is 1. The van der Waals surface area contributed by atoms with Crippen LogP contribution in [0.4, 0.5) is 0 Å². The summed E-state index contributed by atoms with van der Waals surface area (Å²) in [4.78, 5) is 0. The Morgan fingerprint density at radius 3 is 2.93 bits per heavy atom. The van der Waals surface area contributed by atoms with Gasteiger partial charge in [-0.3, -0.25) is 0 Å². The SMILES string of the molecule is Cc1c(Br)c2ccccn2c1CCCN. The number of hydrogen-bond donors (Lipinski definition) is 1. The zero-order chi connectivity index (χ0) is 10.8. The standard InChI is InChI=1S/C12H15BrN2/c1-9-10(6-4-7-14)15-8-3-2-5-11(15)12(9)13/h2-3,5,8H,4,6-7,14H2,1H3. The van der Waals surface area contributed by atoms with Crippen molar-refractivity contribution in [3.63, 3.8) is 0 Å². The van der Waals surface area contributed by atoms with E-state index in [-0.39, 0.29) is 0 Å². The van der Waals surface area contributed by atoms with Gasteiger partial charge >= 0.3 is 0 Å². The molecule has 15 heavy (non-hydrogen) atoms. The van der Waals surface area contributed by atoms with Crippen LogP contribution in [0.5, 0.6) is 0 Å². The summed E-state index contributed by atoms with van der Waals surface area (Å²) in [5.41, 5.74) is 9.49. The quantitative estimate of drug-likeness (QED) is 0.910. The Morgan fingerprint density at radius 1 is 1.40 bits per heavy atom. The number of rotatable bonds is 3. The van der Waals surface area contributed by atoms with Gasteiger partial charge in [0.05, 0.1) is 5.52 Å². The van der Waals surface area contributed by atoms with Crippen LogP contribution in [0, 0.1) is 6.92 Å². The second-order valence-corrected chi connectivity index (χ2v) is 4.53. The van der Waals surface area contributed by atoms with E-state index in [1.165, 1.54) is 21.2 Å². The van der Waals surface area contributed by atoms with Gasteiger partial charge in [0.15, 0.2) is 0 Å². The third kappa shape index (κ3) is 1.82. The molecule has 2 nitrogen and oxygen atoms in total. The number of aromatic nitrogens is 1. The van der Waals surface area contributed by atoms with E-state index in [9.17, 15) is 0 Å². The fourth-order valence-electron chi connectivity index (χ4n) is 1.93. The lowest BCUT2D eigenvalue weighted by Crippen LogP contribution is -2.02. The molecule has 2 aromatic rings. The van der Waals surface area contributed by atoms with Gasteiger partial charge in [-0.15, -0.1) is 0 Å². The van der Waals surface area contributed by atoms with E-state index in [1.54, 1.807) is 0 Å². The Labute approximate surface area is 98.2 Å². The van der Waals surface area contributed by atoms with Crippen molar-refractivity contribution in [2.24, 2.45) is 5.73 Å². The molecule has 0 aliphatic rings.